The molecule has 1 nitrogen and oxygen atoms in total. The smallest absolute Gasteiger partial charge is 0.0530 e. The van der Waals surface area contributed by atoms with E-state index in [4.69, 9.17) is 0 Å². The summed E-state index contributed by atoms with van der Waals surface area (Å²) in [6.45, 7) is 2.50. The summed E-state index contributed by atoms with van der Waals surface area (Å²) in [5.74, 6) is 0.694. The van der Waals surface area contributed by atoms with Gasteiger partial charge in [-0.3, -0.25) is 0 Å². The summed E-state index contributed by atoms with van der Waals surface area (Å²) in [6.07, 6.45) is 2.33. The van der Waals surface area contributed by atoms with E-state index in [0.717, 1.165) is 6.42 Å². The molecule has 1 aliphatic carbocycles. The lowest BCUT2D eigenvalue weighted by Gasteiger charge is -2.13. The second-order valence-electron chi connectivity index (χ2n) is 3.99. The highest BCUT2D eigenvalue weighted by atomic mass is 16.3. The van der Waals surface area contributed by atoms with Gasteiger partial charge in [0.1, 0.15) is 0 Å². The minimum absolute atomic E-state index is 0.107. The predicted molar refractivity (Wildman–Crippen MR) is 53.6 cm³/mol. The topological polar surface area (TPSA) is 20.2 Å². The molecule has 1 aromatic carbocycles. The Balaban J connectivity index is 2.25. The van der Waals surface area contributed by atoms with Gasteiger partial charge in [0.15, 0.2) is 0 Å². The summed E-state index contributed by atoms with van der Waals surface area (Å²) in [7, 11) is 0. The summed E-state index contributed by atoms with van der Waals surface area (Å²) in [5.41, 5.74) is 1.42. The van der Waals surface area contributed by atoms with Crippen LogP contribution in [0.15, 0.2) is 30.3 Å². The van der Waals surface area contributed by atoms with E-state index < -0.39 is 0 Å². The van der Waals surface area contributed by atoms with Crippen LogP contribution in [0.5, 0.6) is 0 Å². The van der Waals surface area contributed by atoms with Crippen LogP contribution < -0.4 is 0 Å². The Bertz CT molecular complexity index is 280. The summed E-state index contributed by atoms with van der Waals surface area (Å²) in [5, 5.41) is 9.41. The normalized spacial score (nSPS) is 31.7. The molecule has 1 fully saturated rings. The number of aliphatic hydroxyl groups excluding tert-OH is 1. The Kier molecular flexibility index (Phi) is 2.12. The van der Waals surface area contributed by atoms with Gasteiger partial charge in [-0.25, -0.2) is 0 Å². The van der Waals surface area contributed by atoms with Crippen LogP contribution in [0.3, 0.4) is 0 Å². The first-order chi connectivity index (χ1) is 6.33. The Hall–Kier alpha value is -0.820. The highest BCUT2D eigenvalue weighted by Gasteiger charge is 2.53. The first-order valence-electron chi connectivity index (χ1n) is 5.00. The van der Waals surface area contributed by atoms with E-state index in [1.807, 2.05) is 6.07 Å². The zero-order chi connectivity index (χ0) is 9.31. The van der Waals surface area contributed by atoms with Crippen LogP contribution in [0.2, 0.25) is 0 Å². The van der Waals surface area contributed by atoms with Gasteiger partial charge in [0.25, 0.3) is 0 Å². The van der Waals surface area contributed by atoms with E-state index in [2.05, 4.69) is 31.2 Å². The molecule has 13 heavy (non-hydrogen) atoms. The van der Waals surface area contributed by atoms with Crippen LogP contribution in [0.4, 0.5) is 0 Å². The third-order valence-corrected chi connectivity index (χ3v) is 3.36. The van der Waals surface area contributed by atoms with Crippen molar-refractivity contribution in [3.63, 3.8) is 0 Å². The SMILES string of the molecule is CC[C@H]1C[C@@]1(CO)c1ccccc1. The molecule has 0 bridgehead atoms. The van der Waals surface area contributed by atoms with E-state index in [-0.39, 0.29) is 5.41 Å². The molecular formula is C12H16O. The molecule has 1 heteroatoms. The average molecular weight is 176 g/mol. The van der Waals surface area contributed by atoms with Gasteiger partial charge in [0.05, 0.1) is 6.61 Å². The molecule has 0 saturated heterocycles. The third-order valence-electron chi connectivity index (χ3n) is 3.36. The fourth-order valence-corrected chi connectivity index (χ4v) is 2.32. The van der Waals surface area contributed by atoms with Crippen LogP contribution in [-0.4, -0.2) is 11.7 Å². The Labute approximate surface area is 79.4 Å². The molecule has 1 aliphatic rings. The summed E-state index contributed by atoms with van der Waals surface area (Å²) >= 11 is 0. The molecule has 0 aliphatic heterocycles. The van der Waals surface area contributed by atoms with Crippen LogP contribution in [0, 0.1) is 5.92 Å². The van der Waals surface area contributed by atoms with Gasteiger partial charge in [-0.05, 0) is 17.9 Å². The Morgan fingerprint density at radius 3 is 2.54 bits per heavy atom. The van der Waals surface area contributed by atoms with Crippen molar-refractivity contribution in [2.45, 2.75) is 25.2 Å². The zero-order valence-corrected chi connectivity index (χ0v) is 8.03. The number of hydrogen-bond acceptors (Lipinski definition) is 1. The molecule has 1 N–H and O–H groups in total. The third kappa shape index (κ3) is 1.28. The van der Waals surface area contributed by atoms with E-state index in [9.17, 15) is 5.11 Å². The summed E-state index contributed by atoms with van der Waals surface area (Å²) < 4.78 is 0. The molecule has 2 atom stereocenters. The maximum absolute atomic E-state index is 9.41. The second-order valence-corrected chi connectivity index (χ2v) is 3.99. The van der Waals surface area contributed by atoms with Crippen LogP contribution >= 0.6 is 0 Å². The molecule has 0 spiro atoms. The maximum atomic E-state index is 9.41. The molecule has 0 aromatic heterocycles. The quantitative estimate of drug-likeness (QED) is 0.749. The highest BCUT2D eigenvalue weighted by Crippen LogP contribution is 2.55. The van der Waals surface area contributed by atoms with Crippen molar-refractivity contribution in [3.05, 3.63) is 35.9 Å². The average Bonchev–Trinajstić information content (AvgIpc) is 2.94. The van der Waals surface area contributed by atoms with Crippen molar-refractivity contribution in [1.82, 2.24) is 0 Å². The van der Waals surface area contributed by atoms with Crippen LogP contribution in [-0.2, 0) is 5.41 Å². The fraction of sp³-hybridized carbons (Fsp3) is 0.500. The molecule has 0 amide bonds. The lowest BCUT2D eigenvalue weighted by Crippen LogP contribution is -2.15. The molecule has 70 valence electrons. The van der Waals surface area contributed by atoms with Gasteiger partial charge in [0.2, 0.25) is 0 Å². The summed E-state index contributed by atoms with van der Waals surface area (Å²) in [6, 6.07) is 10.4. The van der Waals surface area contributed by atoms with E-state index in [1.165, 1.54) is 12.0 Å². The van der Waals surface area contributed by atoms with Gasteiger partial charge in [-0.2, -0.15) is 0 Å². The minimum atomic E-state index is 0.107. The number of rotatable bonds is 3. The van der Waals surface area contributed by atoms with Crippen molar-refractivity contribution in [3.8, 4) is 0 Å². The van der Waals surface area contributed by atoms with Crippen molar-refractivity contribution in [2.75, 3.05) is 6.61 Å². The Morgan fingerprint density at radius 1 is 1.38 bits per heavy atom. The monoisotopic (exact) mass is 176 g/mol. The molecule has 0 heterocycles. The highest BCUT2D eigenvalue weighted by molar-refractivity contribution is 5.33. The molecule has 0 radical (unpaired) electrons. The number of benzene rings is 1. The van der Waals surface area contributed by atoms with Crippen molar-refractivity contribution in [1.29, 1.82) is 0 Å². The van der Waals surface area contributed by atoms with Crippen LogP contribution in [0.25, 0.3) is 0 Å². The van der Waals surface area contributed by atoms with E-state index in [1.54, 1.807) is 0 Å². The molecule has 2 rings (SSSR count). The predicted octanol–water partition coefficient (Wildman–Crippen LogP) is 2.35. The zero-order valence-electron chi connectivity index (χ0n) is 8.03. The lowest BCUT2D eigenvalue weighted by molar-refractivity contribution is 0.244. The minimum Gasteiger partial charge on any atom is -0.395 e. The Morgan fingerprint density at radius 2 is 2.08 bits per heavy atom. The summed E-state index contributed by atoms with van der Waals surface area (Å²) in [4.78, 5) is 0. The van der Waals surface area contributed by atoms with Crippen LogP contribution in [0.1, 0.15) is 25.3 Å². The van der Waals surface area contributed by atoms with E-state index in [0.29, 0.717) is 12.5 Å². The first-order valence-corrected chi connectivity index (χ1v) is 5.00. The van der Waals surface area contributed by atoms with Gasteiger partial charge < -0.3 is 5.11 Å². The molecule has 0 unspecified atom stereocenters. The maximum Gasteiger partial charge on any atom is 0.0530 e. The van der Waals surface area contributed by atoms with Crippen molar-refractivity contribution >= 4 is 0 Å². The first kappa shape index (κ1) is 8.76. The van der Waals surface area contributed by atoms with Gasteiger partial charge >= 0.3 is 0 Å². The molecular weight excluding hydrogens is 160 g/mol. The van der Waals surface area contributed by atoms with E-state index >= 15 is 0 Å². The van der Waals surface area contributed by atoms with Crippen molar-refractivity contribution < 1.29 is 5.11 Å². The van der Waals surface area contributed by atoms with Crippen molar-refractivity contribution in [2.24, 2.45) is 5.92 Å². The standard InChI is InChI=1S/C12H16O/c1-2-10-8-12(10,9-13)11-6-4-3-5-7-11/h3-7,10,13H,2,8-9H2,1H3/t10-,12-/m0/s1. The number of hydrogen-bond donors (Lipinski definition) is 1. The fourth-order valence-electron chi connectivity index (χ4n) is 2.32. The van der Waals surface area contributed by atoms with Gasteiger partial charge in [-0.15, -0.1) is 0 Å². The number of aliphatic hydroxyl groups is 1. The largest absolute Gasteiger partial charge is 0.395 e. The molecule has 1 saturated carbocycles. The van der Waals surface area contributed by atoms with Gasteiger partial charge in [0, 0.05) is 5.41 Å². The lowest BCUT2D eigenvalue weighted by atomic mass is 9.93. The second kappa shape index (κ2) is 3.15. The van der Waals surface area contributed by atoms with Gasteiger partial charge in [-0.1, -0.05) is 43.7 Å². The molecule has 1 aromatic rings.